The summed E-state index contributed by atoms with van der Waals surface area (Å²) < 4.78 is 0. The van der Waals surface area contributed by atoms with Crippen LogP contribution in [0.4, 0.5) is 0 Å². The molecule has 0 radical (unpaired) electrons. The zero-order chi connectivity index (χ0) is 24.4. The first-order chi connectivity index (χ1) is 15.1. The molecule has 4 N–H and O–H groups in total. The van der Waals surface area contributed by atoms with Crippen molar-refractivity contribution in [3.05, 3.63) is 30.1 Å². The average molecular weight is 455 g/mol. The molecule has 1 aromatic rings. The van der Waals surface area contributed by atoms with Crippen LogP contribution in [0.1, 0.15) is 75.8 Å². The molecule has 1 atom stereocenters. The largest absolute Gasteiger partial charge is 0.481 e. The zero-order valence-electron chi connectivity index (χ0n) is 18.5. The second-order valence-electron chi connectivity index (χ2n) is 7.41. The Hall–Kier alpha value is -3.01. The Morgan fingerprint density at radius 1 is 0.875 bits per heavy atom. The topological polar surface area (TPSA) is 165 Å². The lowest BCUT2D eigenvalue weighted by Gasteiger charge is -2.18. The van der Waals surface area contributed by atoms with Crippen molar-refractivity contribution in [1.82, 2.24) is 9.88 Å². The molecule has 1 aromatic heterocycles. The van der Waals surface area contributed by atoms with Crippen LogP contribution in [-0.4, -0.2) is 67.8 Å². The Kier molecular flexibility index (Phi) is 16.0. The number of rotatable bonds is 11. The third-order valence-electron chi connectivity index (χ3n) is 4.65. The zero-order valence-corrected chi connectivity index (χ0v) is 18.5. The van der Waals surface area contributed by atoms with Crippen LogP contribution in [0.2, 0.25) is 0 Å². The quantitative estimate of drug-likeness (QED) is 0.364. The van der Waals surface area contributed by atoms with E-state index in [-0.39, 0.29) is 25.7 Å². The first-order valence-corrected chi connectivity index (χ1v) is 10.6. The molecule has 1 unspecified atom stereocenters. The van der Waals surface area contributed by atoms with Crippen LogP contribution in [0.25, 0.3) is 0 Å². The third kappa shape index (κ3) is 16.8. The molecule has 1 aliphatic rings. The number of likely N-dealkylation sites (tertiary alicyclic amines) is 1. The van der Waals surface area contributed by atoms with Gasteiger partial charge in [-0.2, -0.15) is 0 Å². The Balaban J connectivity index is 0.000000455. The highest BCUT2D eigenvalue weighted by Gasteiger charge is 2.21. The van der Waals surface area contributed by atoms with Gasteiger partial charge in [0.05, 0.1) is 0 Å². The summed E-state index contributed by atoms with van der Waals surface area (Å²) in [5.41, 5.74) is 1.36. The van der Waals surface area contributed by atoms with E-state index in [0.29, 0.717) is 31.7 Å². The van der Waals surface area contributed by atoms with Crippen LogP contribution in [0, 0.1) is 0 Å². The molecule has 0 amide bonds. The predicted molar refractivity (Wildman–Crippen MR) is 116 cm³/mol. The number of pyridine rings is 1. The maximum atomic E-state index is 9.90. The van der Waals surface area contributed by atoms with E-state index < -0.39 is 23.9 Å². The van der Waals surface area contributed by atoms with Gasteiger partial charge in [-0.25, -0.2) is 0 Å². The van der Waals surface area contributed by atoms with E-state index in [2.05, 4.69) is 23.0 Å². The lowest BCUT2D eigenvalue weighted by atomic mass is 10.1. The van der Waals surface area contributed by atoms with Gasteiger partial charge in [-0.1, -0.05) is 6.07 Å². The molecule has 10 heteroatoms. The highest BCUT2D eigenvalue weighted by molar-refractivity contribution is 5.68. The summed E-state index contributed by atoms with van der Waals surface area (Å²) in [5.74, 6) is -3.48. The van der Waals surface area contributed by atoms with Gasteiger partial charge >= 0.3 is 23.9 Å². The maximum absolute atomic E-state index is 9.90. The number of unbranched alkanes of at least 4 members (excludes halogenated alkanes) is 2. The lowest BCUT2D eigenvalue weighted by molar-refractivity contribution is -0.139. The molecule has 32 heavy (non-hydrogen) atoms. The Bertz CT molecular complexity index is 632. The van der Waals surface area contributed by atoms with Crippen molar-refractivity contribution < 1.29 is 39.6 Å². The third-order valence-corrected chi connectivity index (χ3v) is 4.65. The number of carboxylic acids is 4. The molecule has 0 saturated carbocycles. The molecule has 1 aliphatic heterocycles. The standard InChI is InChI=1S/C10H14N2.2C6H10O4/c1-12-7-3-5-10(12)9-4-2-6-11-8-9;2*7-5(8)3-1-2-4-6(9)10/h2,4,6,8,10H,3,5,7H2,1H3;2*1-4H2,(H,7,8)(H,9,10). The minimum Gasteiger partial charge on any atom is -0.481 e. The summed E-state index contributed by atoms with van der Waals surface area (Å²) in [6, 6.07) is 4.79. The van der Waals surface area contributed by atoms with Crippen LogP contribution < -0.4 is 0 Å². The van der Waals surface area contributed by atoms with Crippen molar-refractivity contribution in [1.29, 1.82) is 0 Å². The van der Waals surface area contributed by atoms with Crippen molar-refractivity contribution >= 4 is 23.9 Å². The molecule has 10 nitrogen and oxygen atoms in total. The monoisotopic (exact) mass is 454 g/mol. The van der Waals surface area contributed by atoms with Crippen molar-refractivity contribution in [3.63, 3.8) is 0 Å². The van der Waals surface area contributed by atoms with Crippen LogP contribution in [0.15, 0.2) is 24.5 Å². The molecule has 1 fully saturated rings. The van der Waals surface area contributed by atoms with Crippen LogP contribution in [-0.2, 0) is 19.2 Å². The molecule has 0 aromatic carbocycles. The summed E-state index contributed by atoms with van der Waals surface area (Å²) >= 11 is 0. The minimum atomic E-state index is -0.870. The normalized spacial score (nSPS) is 15.0. The van der Waals surface area contributed by atoms with Gasteiger partial charge in [0.15, 0.2) is 0 Å². The van der Waals surface area contributed by atoms with E-state index in [0.717, 1.165) is 0 Å². The minimum absolute atomic E-state index is 0.0628. The number of aliphatic carboxylic acids is 4. The molecule has 180 valence electrons. The number of carboxylic acid groups (broad SMARTS) is 4. The molecule has 0 spiro atoms. The van der Waals surface area contributed by atoms with Crippen molar-refractivity contribution in [2.45, 2.75) is 70.3 Å². The van der Waals surface area contributed by atoms with E-state index in [1.54, 1.807) is 0 Å². The van der Waals surface area contributed by atoms with Gasteiger partial charge in [0.25, 0.3) is 0 Å². The Morgan fingerprint density at radius 2 is 1.31 bits per heavy atom. The van der Waals surface area contributed by atoms with Gasteiger partial charge in [-0.3, -0.25) is 29.1 Å². The van der Waals surface area contributed by atoms with Crippen molar-refractivity contribution in [2.24, 2.45) is 0 Å². The van der Waals surface area contributed by atoms with Gasteiger partial charge in [0, 0.05) is 44.1 Å². The summed E-state index contributed by atoms with van der Waals surface area (Å²) in [5, 5.41) is 32.5. The van der Waals surface area contributed by atoms with E-state index in [9.17, 15) is 19.2 Å². The fourth-order valence-corrected chi connectivity index (χ4v) is 3.01. The number of nitrogens with zero attached hydrogens (tertiary/aromatic N) is 2. The number of aromatic nitrogens is 1. The predicted octanol–water partition coefficient (Wildman–Crippen LogP) is 3.28. The van der Waals surface area contributed by atoms with Gasteiger partial charge in [0.1, 0.15) is 0 Å². The molecule has 2 rings (SSSR count). The van der Waals surface area contributed by atoms with Gasteiger partial charge in [-0.15, -0.1) is 0 Å². The fraction of sp³-hybridized carbons (Fsp3) is 0.591. The summed E-state index contributed by atoms with van der Waals surface area (Å²) in [6.07, 6.45) is 8.44. The maximum Gasteiger partial charge on any atom is 0.303 e. The van der Waals surface area contributed by atoms with Crippen molar-refractivity contribution in [2.75, 3.05) is 13.6 Å². The fourth-order valence-electron chi connectivity index (χ4n) is 3.01. The highest BCUT2D eigenvalue weighted by Crippen LogP contribution is 2.29. The average Bonchev–Trinajstić information content (AvgIpc) is 3.16. The van der Waals surface area contributed by atoms with Gasteiger partial charge in [0.2, 0.25) is 0 Å². The van der Waals surface area contributed by atoms with E-state index in [1.807, 2.05) is 18.5 Å². The summed E-state index contributed by atoms with van der Waals surface area (Å²) in [4.78, 5) is 46.1. The highest BCUT2D eigenvalue weighted by atomic mass is 16.4. The molecule has 2 heterocycles. The van der Waals surface area contributed by atoms with Crippen LogP contribution in [0.5, 0.6) is 0 Å². The first-order valence-electron chi connectivity index (χ1n) is 10.6. The lowest BCUT2D eigenvalue weighted by Crippen LogP contribution is -2.17. The molecular formula is C22H34N2O8. The van der Waals surface area contributed by atoms with E-state index in [1.165, 1.54) is 24.9 Å². The van der Waals surface area contributed by atoms with E-state index in [4.69, 9.17) is 20.4 Å². The summed E-state index contributed by atoms with van der Waals surface area (Å²) in [7, 11) is 2.19. The SMILES string of the molecule is CN1CCCC1c1cccnc1.O=C(O)CCCCC(=O)O.O=C(O)CCCCC(=O)O. The van der Waals surface area contributed by atoms with E-state index >= 15 is 0 Å². The molecule has 0 aliphatic carbocycles. The Morgan fingerprint density at radius 3 is 1.59 bits per heavy atom. The van der Waals surface area contributed by atoms with Crippen LogP contribution >= 0.6 is 0 Å². The van der Waals surface area contributed by atoms with Crippen LogP contribution in [0.3, 0.4) is 0 Å². The number of hydrogen-bond donors (Lipinski definition) is 4. The smallest absolute Gasteiger partial charge is 0.303 e. The molecule has 1 saturated heterocycles. The van der Waals surface area contributed by atoms with Gasteiger partial charge < -0.3 is 20.4 Å². The second kappa shape index (κ2) is 17.6. The Labute approximate surface area is 187 Å². The first kappa shape index (κ1) is 29.0. The number of hydrogen-bond acceptors (Lipinski definition) is 6. The summed E-state index contributed by atoms with van der Waals surface area (Å²) in [6.45, 7) is 1.22. The molecule has 0 bridgehead atoms. The second-order valence-corrected chi connectivity index (χ2v) is 7.41. The number of carbonyl (C=O) groups is 4. The van der Waals surface area contributed by atoms with Crippen molar-refractivity contribution in [3.8, 4) is 0 Å². The molecular weight excluding hydrogens is 420 g/mol. The van der Waals surface area contributed by atoms with Gasteiger partial charge in [-0.05, 0) is 63.7 Å².